The first-order chi connectivity index (χ1) is 7.41. The van der Waals surface area contributed by atoms with E-state index in [1.165, 1.54) is 0 Å². The van der Waals surface area contributed by atoms with Crippen molar-refractivity contribution in [3.05, 3.63) is 0 Å². The average molecular weight is 237 g/mol. The third kappa shape index (κ3) is 6.24. The third-order valence-electron chi connectivity index (χ3n) is 1.76. The zero-order valence-corrected chi connectivity index (χ0v) is 8.90. The molecule has 0 spiro atoms. The summed E-state index contributed by atoms with van der Waals surface area (Å²) in [6.07, 6.45) is -3.79. The van der Waals surface area contributed by atoms with Crippen molar-refractivity contribution in [1.29, 1.82) is 5.26 Å². The van der Waals surface area contributed by atoms with Gasteiger partial charge in [-0.25, -0.2) is 0 Å². The molecule has 1 unspecified atom stereocenters. The number of carbonyl (C=O) groups excluding carboxylic acids is 1. The molecule has 0 aliphatic carbocycles. The summed E-state index contributed by atoms with van der Waals surface area (Å²) in [5.41, 5.74) is 0. The van der Waals surface area contributed by atoms with E-state index in [0.717, 1.165) is 12.5 Å². The Labute approximate surface area is 91.8 Å². The first-order valence-corrected chi connectivity index (χ1v) is 4.85. The molecule has 0 radical (unpaired) electrons. The fourth-order valence-corrected chi connectivity index (χ4v) is 0.892. The molecular weight excluding hydrogens is 223 g/mol. The molecule has 0 aliphatic rings. The number of alkyl halides is 3. The van der Waals surface area contributed by atoms with Gasteiger partial charge >= 0.3 is 6.18 Å². The highest BCUT2D eigenvalue weighted by Crippen LogP contribution is 2.24. The van der Waals surface area contributed by atoms with Crippen LogP contribution in [0.1, 0.15) is 13.3 Å². The van der Waals surface area contributed by atoms with Gasteiger partial charge in [0.1, 0.15) is 0 Å². The van der Waals surface area contributed by atoms with Gasteiger partial charge in [-0.1, -0.05) is 6.92 Å². The SMILES string of the molecule is CCCNC(=O)CNCC(C#N)C(F)(F)F. The van der Waals surface area contributed by atoms with Crippen molar-refractivity contribution in [2.75, 3.05) is 19.6 Å². The first kappa shape index (κ1) is 14.7. The molecule has 0 aromatic heterocycles. The van der Waals surface area contributed by atoms with Crippen LogP contribution in [0.4, 0.5) is 13.2 Å². The lowest BCUT2D eigenvalue weighted by Crippen LogP contribution is -2.39. The quantitative estimate of drug-likeness (QED) is 0.718. The van der Waals surface area contributed by atoms with Crippen LogP contribution < -0.4 is 10.6 Å². The molecule has 0 saturated carbocycles. The second kappa shape index (κ2) is 7.06. The van der Waals surface area contributed by atoms with E-state index >= 15 is 0 Å². The highest BCUT2D eigenvalue weighted by molar-refractivity contribution is 5.77. The number of halogens is 3. The normalized spacial score (nSPS) is 12.9. The van der Waals surface area contributed by atoms with Crippen LogP contribution in [0, 0.1) is 17.2 Å². The van der Waals surface area contributed by atoms with Gasteiger partial charge in [-0.15, -0.1) is 0 Å². The minimum Gasteiger partial charge on any atom is -0.355 e. The van der Waals surface area contributed by atoms with Gasteiger partial charge in [0, 0.05) is 13.1 Å². The number of hydrogen-bond acceptors (Lipinski definition) is 3. The molecule has 0 rings (SSSR count). The molecule has 0 aromatic rings. The van der Waals surface area contributed by atoms with E-state index in [1.807, 2.05) is 6.92 Å². The summed E-state index contributed by atoms with van der Waals surface area (Å²) >= 11 is 0. The van der Waals surface area contributed by atoms with Crippen molar-refractivity contribution in [2.24, 2.45) is 5.92 Å². The van der Waals surface area contributed by atoms with E-state index in [1.54, 1.807) is 0 Å². The van der Waals surface area contributed by atoms with E-state index in [2.05, 4.69) is 10.6 Å². The molecule has 0 saturated heterocycles. The Bertz CT molecular complexity index is 260. The Morgan fingerprint density at radius 1 is 1.50 bits per heavy atom. The number of amides is 1. The van der Waals surface area contributed by atoms with Crippen LogP contribution in [-0.2, 0) is 4.79 Å². The van der Waals surface area contributed by atoms with Gasteiger partial charge in [0.25, 0.3) is 0 Å². The predicted molar refractivity (Wildman–Crippen MR) is 51.3 cm³/mol. The first-order valence-electron chi connectivity index (χ1n) is 4.85. The molecule has 92 valence electrons. The molecule has 7 heteroatoms. The van der Waals surface area contributed by atoms with Gasteiger partial charge in [-0.05, 0) is 6.42 Å². The molecular formula is C9H14F3N3O. The smallest absolute Gasteiger partial charge is 0.355 e. The largest absolute Gasteiger partial charge is 0.405 e. The monoisotopic (exact) mass is 237 g/mol. The summed E-state index contributed by atoms with van der Waals surface area (Å²) in [5.74, 6) is -2.45. The van der Waals surface area contributed by atoms with Crippen molar-refractivity contribution >= 4 is 5.91 Å². The summed E-state index contributed by atoms with van der Waals surface area (Å²) < 4.78 is 36.3. The summed E-state index contributed by atoms with van der Waals surface area (Å²) in [6.45, 7) is 1.57. The second-order valence-electron chi connectivity index (χ2n) is 3.20. The number of nitrogens with one attached hydrogen (secondary N) is 2. The molecule has 0 aromatic carbocycles. The summed E-state index contributed by atoms with van der Waals surface area (Å²) in [5, 5.41) is 13.1. The van der Waals surface area contributed by atoms with E-state index in [9.17, 15) is 18.0 Å². The Balaban J connectivity index is 3.81. The molecule has 0 heterocycles. The maximum absolute atomic E-state index is 12.1. The zero-order valence-electron chi connectivity index (χ0n) is 8.90. The van der Waals surface area contributed by atoms with Crippen LogP contribution in [0.15, 0.2) is 0 Å². The van der Waals surface area contributed by atoms with Crippen LogP contribution in [0.2, 0.25) is 0 Å². The molecule has 0 aliphatic heterocycles. The topological polar surface area (TPSA) is 64.9 Å². The number of carbonyl (C=O) groups is 1. The number of rotatable bonds is 6. The molecule has 0 fully saturated rings. The minimum absolute atomic E-state index is 0.214. The predicted octanol–water partition coefficient (Wildman–Crippen LogP) is 0.804. The van der Waals surface area contributed by atoms with Gasteiger partial charge in [0.05, 0.1) is 12.6 Å². The Kier molecular flexibility index (Phi) is 6.49. The Morgan fingerprint density at radius 3 is 2.56 bits per heavy atom. The maximum atomic E-state index is 12.1. The van der Waals surface area contributed by atoms with Gasteiger partial charge in [-0.2, -0.15) is 18.4 Å². The van der Waals surface area contributed by atoms with Gasteiger partial charge < -0.3 is 10.6 Å². The van der Waals surface area contributed by atoms with Crippen molar-refractivity contribution in [2.45, 2.75) is 19.5 Å². The third-order valence-corrected chi connectivity index (χ3v) is 1.76. The summed E-state index contributed by atoms with van der Waals surface area (Å²) in [6, 6.07) is 1.14. The minimum atomic E-state index is -4.55. The molecule has 2 N–H and O–H groups in total. The number of hydrogen-bond donors (Lipinski definition) is 2. The van der Waals surface area contributed by atoms with Crippen LogP contribution >= 0.6 is 0 Å². The van der Waals surface area contributed by atoms with Crippen LogP contribution in [0.3, 0.4) is 0 Å². The molecule has 4 nitrogen and oxygen atoms in total. The van der Waals surface area contributed by atoms with Gasteiger partial charge in [-0.3, -0.25) is 4.79 Å². The van der Waals surface area contributed by atoms with E-state index in [4.69, 9.17) is 5.26 Å². The van der Waals surface area contributed by atoms with E-state index < -0.39 is 18.6 Å². The molecule has 1 atom stereocenters. The maximum Gasteiger partial charge on any atom is 0.405 e. The highest BCUT2D eigenvalue weighted by atomic mass is 19.4. The lowest BCUT2D eigenvalue weighted by molar-refractivity contribution is -0.158. The van der Waals surface area contributed by atoms with Gasteiger partial charge in [0.2, 0.25) is 5.91 Å². The molecule has 0 bridgehead atoms. The lowest BCUT2D eigenvalue weighted by atomic mass is 10.1. The van der Waals surface area contributed by atoms with Crippen LogP contribution in [-0.4, -0.2) is 31.7 Å². The molecule has 1 amide bonds. The average Bonchev–Trinajstić information content (AvgIpc) is 2.19. The van der Waals surface area contributed by atoms with Gasteiger partial charge in [0.15, 0.2) is 5.92 Å². The standard InChI is InChI=1S/C9H14F3N3O/c1-2-3-15-8(16)6-14-5-7(4-13)9(10,11)12/h7,14H,2-3,5-6H2,1H3,(H,15,16). The van der Waals surface area contributed by atoms with Crippen molar-refractivity contribution < 1.29 is 18.0 Å². The van der Waals surface area contributed by atoms with Crippen LogP contribution in [0.5, 0.6) is 0 Å². The van der Waals surface area contributed by atoms with Crippen molar-refractivity contribution in [1.82, 2.24) is 10.6 Å². The van der Waals surface area contributed by atoms with E-state index in [0.29, 0.717) is 6.54 Å². The Morgan fingerprint density at radius 2 is 2.12 bits per heavy atom. The molecule has 16 heavy (non-hydrogen) atoms. The number of nitriles is 1. The van der Waals surface area contributed by atoms with Crippen molar-refractivity contribution in [3.8, 4) is 6.07 Å². The summed E-state index contributed by atoms with van der Waals surface area (Å²) in [7, 11) is 0. The zero-order chi connectivity index (χ0) is 12.6. The summed E-state index contributed by atoms with van der Waals surface area (Å²) in [4.78, 5) is 11.0. The van der Waals surface area contributed by atoms with E-state index in [-0.39, 0.29) is 12.5 Å². The fourth-order valence-electron chi connectivity index (χ4n) is 0.892. The highest BCUT2D eigenvalue weighted by Gasteiger charge is 2.39. The second-order valence-corrected chi connectivity index (χ2v) is 3.20. The fraction of sp³-hybridized carbons (Fsp3) is 0.778. The number of nitrogens with zero attached hydrogens (tertiary/aromatic N) is 1. The Hall–Kier alpha value is -1.29. The van der Waals surface area contributed by atoms with Crippen LogP contribution in [0.25, 0.3) is 0 Å². The lowest BCUT2D eigenvalue weighted by Gasteiger charge is -2.13. The van der Waals surface area contributed by atoms with Crippen molar-refractivity contribution in [3.63, 3.8) is 0 Å².